The average Bonchev–Trinajstić information content (AvgIpc) is 3.18. The Kier molecular flexibility index (Phi) is 4.50. The average molecular weight is 444 g/mol. The molecule has 33 heavy (non-hydrogen) atoms. The first-order chi connectivity index (χ1) is 16.0. The first kappa shape index (κ1) is 20.0. The number of hydrogen-bond donors (Lipinski definition) is 1. The third-order valence-electron chi connectivity index (χ3n) is 7.38. The second-order valence-electron chi connectivity index (χ2n) is 9.31. The second kappa shape index (κ2) is 7.43. The maximum absolute atomic E-state index is 13.0. The number of amides is 2. The Hall–Kier alpha value is -3.68. The van der Waals surface area contributed by atoms with Crippen molar-refractivity contribution in [3.8, 4) is 0 Å². The Labute approximate surface area is 190 Å². The topological polar surface area (TPSA) is 92.7 Å². The van der Waals surface area contributed by atoms with Crippen LogP contribution in [0.15, 0.2) is 53.3 Å². The van der Waals surface area contributed by atoms with Crippen molar-refractivity contribution in [1.82, 2.24) is 24.6 Å². The molecule has 8 heteroatoms. The van der Waals surface area contributed by atoms with Gasteiger partial charge in [-0.1, -0.05) is 6.07 Å². The van der Waals surface area contributed by atoms with Crippen LogP contribution < -0.4 is 5.32 Å². The van der Waals surface area contributed by atoms with Gasteiger partial charge in [-0.2, -0.15) is 0 Å². The Morgan fingerprint density at radius 2 is 2.09 bits per heavy atom. The summed E-state index contributed by atoms with van der Waals surface area (Å²) < 4.78 is 7.56. The van der Waals surface area contributed by atoms with Crippen molar-refractivity contribution in [2.75, 3.05) is 19.6 Å². The van der Waals surface area contributed by atoms with Crippen molar-refractivity contribution < 1.29 is 14.0 Å². The smallest absolute Gasteiger partial charge is 0.287 e. The van der Waals surface area contributed by atoms with Crippen molar-refractivity contribution in [3.05, 3.63) is 66.1 Å². The number of aromatic nitrogens is 3. The number of imidazole rings is 1. The highest BCUT2D eigenvalue weighted by Gasteiger charge is 2.54. The monoisotopic (exact) mass is 443 g/mol. The number of rotatable bonds is 4. The van der Waals surface area contributed by atoms with Gasteiger partial charge in [0.15, 0.2) is 11.3 Å². The van der Waals surface area contributed by atoms with Crippen LogP contribution in [0.3, 0.4) is 0 Å². The van der Waals surface area contributed by atoms with Crippen LogP contribution in [0.4, 0.5) is 0 Å². The van der Waals surface area contributed by atoms with Crippen molar-refractivity contribution in [2.24, 2.45) is 11.3 Å². The summed E-state index contributed by atoms with van der Waals surface area (Å²) in [5.74, 6) is 0.569. The van der Waals surface area contributed by atoms with E-state index in [4.69, 9.17) is 4.42 Å². The number of hydrogen-bond acceptors (Lipinski definition) is 5. The third-order valence-corrected chi connectivity index (χ3v) is 7.38. The predicted molar refractivity (Wildman–Crippen MR) is 122 cm³/mol. The molecule has 1 aliphatic heterocycles. The van der Waals surface area contributed by atoms with Gasteiger partial charge in [0.25, 0.3) is 11.8 Å². The minimum atomic E-state index is -0.192. The molecule has 2 aliphatic rings. The Morgan fingerprint density at radius 3 is 2.88 bits per heavy atom. The zero-order valence-electron chi connectivity index (χ0n) is 18.5. The molecule has 1 aliphatic carbocycles. The molecule has 5 heterocycles. The molecule has 168 valence electrons. The molecular weight excluding hydrogens is 418 g/mol. The zero-order valence-corrected chi connectivity index (χ0v) is 18.5. The normalized spacial score (nSPS) is 19.3. The highest BCUT2D eigenvalue weighted by Crippen LogP contribution is 2.59. The van der Waals surface area contributed by atoms with Crippen molar-refractivity contribution in [2.45, 2.75) is 26.2 Å². The molecule has 2 amide bonds. The highest BCUT2D eigenvalue weighted by atomic mass is 16.3. The first-order valence-electron chi connectivity index (χ1n) is 11.4. The van der Waals surface area contributed by atoms with Crippen LogP contribution in [0.25, 0.3) is 16.6 Å². The molecule has 1 spiro atoms. The van der Waals surface area contributed by atoms with Gasteiger partial charge in [0.05, 0.1) is 6.20 Å². The molecule has 2 fully saturated rings. The third kappa shape index (κ3) is 3.46. The fourth-order valence-corrected chi connectivity index (χ4v) is 5.20. The maximum Gasteiger partial charge on any atom is 0.287 e. The van der Waals surface area contributed by atoms with Gasteiger partial charge < -0.3 is 19.0 Å². The van der Waals surface area contributed by atoms with Gasteiger partial charge in [0.2, 0.25) is 0 Å². The van der Waals surface area contributed by atoms with E-state index in [-0.39, 0.29) is 17.2 Å². The van der Waals surface area contributed by atoms with Crippen molar-refractivity contribution >= 4 is 28.4 Å². The number of piperidine rings is 1. The summed E-state index contributed by atoms with van der Waals surface area (Å²) in [4.78, 5) is 36.0. The molecule has 8 nitrogen and oxygen atoms in total. The van der Waals surface area contributed by atoms with E-state index < -0.39 is 0 Å². The molecule has 1 unspecified atom stereocenters. The molecule has 0 radical (unpaired) electrons. The molecule has 0 aromatic carbocycles. The van der Waals surface area contributed by atoms with E-state index in [2.05, 4.69) is 15.3 Å². The largest absolute Gasteiger partial charge is 0.449 e. The SMILES string of the molecule is Cc1cccc2nc(C(=O)N3CCC4(CC3)CC4CNC(=O)c3cc4ccncc4o3)cn12. The molecule has 1 saturated heterocycles. The lowest BCUT2D eigenvalue weighted by Gasteiger charge is -2.32. The summed E-state index contributed by atoms with van der Waals surface area (Å²) in [5, 5.41) is 3.90. The number of likely N-dealkylation sites (tertiary alicyclic amines) is 1. The molecule has 0 bridgehead atoms. The van der Waals surface area contributed by atoms with Crippen molar-refractivity contribution in [3.63, 3.8) is 0 Å². The molecule has 4 aromatic heterocycles. The van der Waals surface area contributed by atoms with E-state index in [0.29, 0.717) is 29.5 Å². The van der Waals surface area contributed by atoms with Gasteiger partial charge in [0.1, 0.15) is 11.3 Å². The van der Waals surface area contributed by atoms with Gasteiger partial charge >= 0.3 is 0 Å². The van der Waals surface area contributed by atoms with E-state index in [1.807, 2.05) is 46.7 Å². The maximum atomic E-state index is 13.0. The highest BCUT2D eigenvalue weighted by molar-refractivity contribution is 5.96. The number of nitrogens with zero attached hydrogens (tertiary/aromatic N) is 4. The molecule has 1 atom stereocenters. The van der Waals surface area contributed by atoms with E-state index in [1.165, 1.54) is 0 Å². The Balaban J connectivity index is 1.04. The van der Waals surface area contributed by atoms with Crippen LogP contribution in [-0.2, 0) is 0 Å². The van der Waals surface area contributed by atoms with Crippen LogP contribution >= 0.6 is 0 Å². The summed E-state index contributed by atoms with van der Waals surface area (Å²) in [5.41, 5.74) is 3.20. The summed E-state index contributed by atoms with van der Waals surface area (Å²) in [6.45, 7) is 4.10. The van der Waals surface area contributed by atoms with Crippen LogP contribution in [0.2, 0.25) is 0 Å². The van der Waals surface area contributed by atoms with E-state index in [9.17, 15) is 9.59 Å². The summed E-state index contributed by atoms with van der Waals surface area (Å²) >= 11 is 0. The Bertz CT molecular complexity index is 1350. The van der Waals surface area contributed by atoms with E-state index in [1.54, 1.807) is 18.5 Å². The number of fused-ring (bicyclic) bond motifs is 2. The van der Waals surface area contributed by atoms with Gasteiger partial charge in [-0.15, -0.1) is 0 Å². The minimum absolute atomic E-state index is 0.00201. The number of nitrogens with one attached hydrogen (secondary N) is 1. The van der Waals surface area contributed by atoms with Crippen LogP contribution in [-0.4, -0.2) is 50.7 Å². The summed E-state index contributed by atoms with van der Waals surface area (Å²) in [6.07, 6.45) is 8.14. The van der Waals surface area contributed by atoms with Crippen molar-refractivity contribution in [1.29, 1.82) is 0 Å². The quantitative estimate of drug-likeness (QED) is 0.522. The van der Waals surface area contributed by atoms with Gasteiger partial charge in [-0.05, 0) is 61.8 Å². The Morgan fingerprint density at radius 1 is 1.24 bits per heavy atom. The number of furan rings is 1. The van der Waals surface area contributed by atoms with Crippen LogP contribution in [0.1, 0.15) is 46.0 Å². The lowest BCUT2D eigenvalue weighted by atomic mass is 9.90. The summed E-state index contributed by atoms with van der Waals surface area (Å²) in [7, 11) is 0. The minimum Gasteiger partial charge on any atom is -0.449 e. The molecule has 6 rings (SSSR count). The van der Waals surface area contributed by atoms with Gasteiger partial charge in [0, 0.05) is 43.1 Å². The predicted octanol–water partition coefficient (Wildman–Crippen LogP) is 3.46. The second-order valence-corrected chi connectivity index (χ2v) is 9.31. The molecule has 1 N–H and O–H groups in total. The van der Waals surface area contributed by atoms with Crippen LogP contribution in [0.5, 0.6) is 0 Å². The lowest BCUT2D eigenvalue weighted by Crippen LogP contribution is -2.40. The number of aryl methyl sites for hydroxylation is 1. The number of pyridine rings is 2. The fourth-order valence-electron chi connectivity index (χ4n) is 5.20. The lowest BCUT2D eigenvalue weighted by molar-refractivity contribution is 0.0663. The van der Waals surface area contributed by atoms with E-state index in [0.717, 1.165) is 49.1 Å². The number of carbonyl (C=O) groups excluding carboxylic acids is 2. The van der Waals surface area contributed by atoms with Gasteiger partial charge in [-0.25, -0.2) is 4.98 Å². The molecule has 1 saturated carbocycles. The molecular formula is C25H25N5O3. The molecule has 4 aromatic rings. The number of carbonyl (C=O) groups is 2. The van der Waals surface area contributed by atoms with Crippen LogP contribution in [0, 0.1) is 18.3 Å². The first-order valence-corrected chi connectivity index (χ1v) is 11.4. The fraction of sp³-hybridized carbons (Fsp3) is 0.360. The standard InChI is InChI=1S/C25H25N5O3/c1-16-3-2-4-22-28-19(15-30(16)22)24(32)29-9-6-25(7-10-29)12-18(25)13-27-23(31)20-11-17-5-8-26-14-21(17)33-20/h2-5,8,11,14-15,18H,6-7,9-10,12-13H2,1H3,(H,27,31). The van der Waals surface area contributed by atoms with E-state index >= 15 is 0 Å². The zero-order chi connectivity index (χ0) is 22.6. The van der Waals surface area contributed by atoms with Gasteiger partial charge in [-0.3, -0.25) is 14.6 Å². The summed E-state index contributed by atoms with van der Waals surface area (Å²) in [6, 6.07) is 9.45.